The number of aryl methyl sites for hydroxylation is 1. The number of methoxy groups -OCH3 is 1. The zero-order valence-corrected chi connectivity index (χ0v) is 11.8. The number of aromatic amines is 1. The second kappa shape index (κ2) is 6.86. The van der Waals surface area contributed by atoms with Gasteiger partial charge in [0.15, 0.2) is 0 Å². The molecule has 1 atom stereocenters. The van der Waals surface area contributed by atoms with Gasteiger partial charge in [-0.3, -0.25) is 14.7 Å². The molecule has 0 aliphatic heterocycles. The van der Waals surface area contributed by atoms with E-state index < -0.39 is 0 Å². The maximum atomic E-state index is 12.0. The van der Waals surface area contributed by atoms with Crippen molar-refractivity contribution in [3.05, 3.63) is 11.6 Å². The Kier molecular flexibility index (Phi) is 5.47. The van der Waals surface area contributed by atoms with Crippen molar-refractivity contribution >= 4 is 11.9 Å². The summed E-state index contributed by atoms with van der Waals surface area (Å²) in [7, 11) is 2.94. The summed E-state index contributed by atoms with van der Waals surface area (Å²) in [5, 5.41) is 6.61. The fourth-order valence-electron chi connectivity index (χ4n) is 1.68. The lowest BCUT2D eigenvalue weighted by atomic mass is 10.2. The largest absolute Gasteiger partial charge is 0.469 e. The monoisotopic (exact) mass is 268 g/mol. The molecule has 0 spiro atoms. The lowest BCUT2D eigenvalue weighted by Gasteiger charge is -2.18. The number of nitrogens with zero attached hydrogens (tertiary/aromatic N) is 3. The summed E-state index contributed by atoms with van der Waals surface area (Å²) < 4.78 is 4.62. The number of rotatable bonds is 6. The Morgan fingerprint density at radius 1 is 1.47 bits per heavy atom. The van der Waals surface area contributed by atoms with Crippen LogP contribution in [0.25, 0.3) is 0 Å². The Bertz CT molecular complexity index is 444. The number of aromatic nitrogens is 3. The van der Waals surface area contributed by atoms with Gasteiger partial charge in [0.2, 0.25) is 5.82 Å². The highest BCUT2D eigenvalue weighted by molar-refractivity contribution is 5.90. The molecule has 0 aromatic carbocycles. The van der Waals surface area contributed by atoms with Crippen molar-refractivity contribution in [2.75, 3.05) is 20.7 Å². The highest BCUT2D eigenvalue weighted by Gasteiger charge is 2.22. The summed E-state index contributed by atoms with van der Waals surface area (Å²) in [6.45, 7) is 3.99. The van der Waals surface area contributed by atoms with Gasteiger partial charge < -0.3 is 9.64 Å². The Labute approximate surface area is 112 Å². The third kappa shape index (κ3) is 4.04. The standard InChI is InChI=1S/C12H20N4O3/c1-5-6-9-13-10(15-14-9)11(17)16(3)7-8(2)12(18)19-4/h8H,5-7H2,1-4H3,(H,13,14,15). The Balaban J connectivity index is 2.63. The van der Waals surface area contributed by atoms with Crippen molar-refractivity contribution < 1.29 is 14.3 Å². The molecule has 0 fully saturated rings. The summed E-state index contributed by atoms with van der Waals surface area (Å²) in [5.74, 6) is -0.216. The molecule has 1 N–H and O–H groups in total. The van der Waals surface area contributed by atoms with E-state index in [-0.39, 0.29) is 30.2 Å². The Hall–Kier alpha value is -1.92. The van der Waals surface area contributed by atoms with Crippen molar-refractivity contribution in [1.29, 1.82) is 0 Å². The van der Waals surface area contributed by atoms with Crippen molar-refractivity contribution in [1.82, 2.24) is 20.1 Å². The first-order chi connectivity index (χ1) is 8.99. The second-order valence-electron chi connectivity index (χ2n) is 4.47. The molecule has 106 valence electrons. The van der Waals surface area contributed by atoms with E-state index in [1.165, 1.54) is 12.0 Å². The van der Waals surface area contributed by atoms with Crippen LogP contribution in [0.1, 0.15) is 36.7 Å². The number of carbonyl (C=O) groups is 2. The van der Waals surface area contributed by atoms with Crippen LogP contribution in [0.15, 0.2) is 0 Å². The molecule has 1 aromatic heterocycles. The van der Waals surface area contributed by atoms with Crippen LogP contribution >= 0.6 is 0 Å². The van der Waals surface area contributed by atoms with Crippen LogP contribution in [0, 0.1) is 5.92 Å². The van der Waals surface area contributed by atoms with Gasteiger partial charge in [-0.05, 0) is 6.42 Å². The van der Waals surface area contributed by atoms with Crippen LogP contribution < -0.4 is 0 Å². The Morgan fingerprint density at radius 3 is 2.74 bits per heavy atom. The van der Waals surface area contributed by atoms with E-state index in [0.29, 0.717) is 5.82 Å². The average Bonchev–Trinajstić information content (AvgIpc) is 2.85. The third-order valence-corrected chi connectivity index (χ3v) is 2.71. The fraction of sp³-hybridized carbons (Fsp3) is 0.667. The lowest BCUT2D eigenvalue weighted by molar-refractivity contribution is -0.145. The van der Waals surface area contributed by atoms with Crippen LogP contribution in [0.3, 0.4) is 0 Å². The predicted octanol–water partition coefficient (Wildman–Crippen LogP) is 0.638. The molecule has 0 saturated heterocycles. The molecule has 1 aromatic rings. The van der Waals surface area contributed by atoms with E-state index in [4.69, 9.17) is 0 Å². The van der Waals surface area contributed by atoms with Crippen LogP contribution in [-0.2, 0) is 16.0 Å². The molecule has 1 amide bonds. The molecular formula is C12H20N4O3. The van der Waals surface area contributed by atoms with E-state index in [2.05, 4.69) is 19.9 Å². The van der Waals surface area contributed by atoms with E-state index in [1.807, 2.05) is 6.92 Å². The van der Waals surface area contributed by atoms with Crippen LogP contribution in [0.5, 0.6) is 0 Å². The average molecular weight is 268 g/mol. The van der Waals surface area contributed by atoms with Gasteiger partial charge in [0.1, 0.15) is 5.82 Å². The third-order valence-electron chi connectivity index (χ3n) is 2.71. The second-order valence-corrected chi connectivity index (χ2v) is 4.47. The highest BCUT2D eigenvalue weighted by Crippen LogP contribution is 2.05. The summed E-state index contributed by atoms with van der Waals surface area (Å²) in [6, 6.07) is 0. The van der Waals surface area contributed by atoms with E-state index in [0.717, 1.165) is 12.8 Å². The number of esters is 1. The molecule has 1 heterocycles. The number of nitrogens with one attached hydrogen (secondary N) is 1. The van der Waals surface area contributed by atoms with Crippen LogP contribution in [0.4, 0.5) is 0 Å². The number of ether oxygens (including phenoxy) is 1. The molecule has 19 heavy (non-hydrogen) atoms. The number of hydrogen-bond acceptors (Lipinski definition) is 5. The molecule has 1 unspecified atom stereocenters. The molecule has 7 nitrogen and oxygen atoms in total. The van der Waals surface area contributed by atoms with E-state index >= 15 is 0 Å². The summed E-state index contributed by atoms with van der Waals surface area (Å²) in [5.41, 5.74) is 0. The highest BCUT2D eigenvalue weighted by atomic mass is 16.5. The zero-order chi connectivity index (χ0) is 14.4. The smallest absolute Gasteiger partial charge is 0.310 e. The molecule has 7 heteroatoms. The van der Waals surface area contributed by atoms with Gasteiger partial charge in [-0.2, -0.15) is 0 Å². The van der Waals surface area contributed by atoms with Gasteiger partial charge in [0.25, 0.3) is 5.91 Å². The topological polar surface area (TPSA) is 88.2 Å². The first-order valence-corrected chi connectivity index (χ1v) is 6.24. The molecule has 0 saturated carbocycles. The summed E-state index contributed by atoms with van der Waals surface area (Å²) in [6.07, 6.45) is 1.68. The minimum Gasteiger partial charge on any atom is -0.469 e. The zero-order valence-electron chi connectivity index (χ0n) is 11.8. The van der Waals surface area contributed by atoms with E-state index in [1.54, 1.807) is 14.0 Å². The van der Waals surface area contributed by atoms with Gasteiger partial charge in [-0.1, -0.05) is 13.8 Å². The van der Waals surface area contributed by atoms with Crippen molar-refractivity contribution in [2.24, 2.45) is 5.92 Å². The molecule has 0 aliphatic carbocycles. The van der Waals surface area contributed by atoms with Gasteiger partial charge in [0, 0.05) is 20.0 Å². The first kappa shape index (κ1) is 15.1. The Morgan fingerprint density at radius 2 is 2.16 bits per heavy atom. The minimum absolute atomic E-state index is 0.128. The maximum Gasteiger partial charge on any atom is 0.310 e. The van der Waals surface area contributed by atoms with Crippen molar-refractivity contribution in [2.45, 2.75) is 26.7 Å². The molecule has 1 rings (SSSR count). The van der Waals surface area contributed by atoms with Gasteiger partial charge in [-0.25, -0.2) is 4.98 Å². The quantitative estimate of drug-likeness (QED) is 0.765. The lowest BCUT2D eigenvalue weighted by Crippen LogP contribution is -2.34. The van der Waals surface area contributed by atoms with Gasteiger partial charge in [0.05, 0.1) is 13.0 Å². The summed E-state index contributed by atoms with van der Waals surface area (Å²) >= 11 is 0. The summed E-state index contributed by atoms with van der Waals surface area (Å²) in [4.78, 5) is 28.9. The van der Waals surface area contributed by atoms with Crippen molar-refractivity contribution in [3.63, 3.8) is 0 Å². The molecular weight excluding hydrogens is 248 g/mol. The predicted molar refractivity (Wildman–Crippen MR) is 68.5 cm³/mol. The first-order valence-electron chi connectivity index (χ1n) is 6.24. The number of amides is 1. The number of carbonyl (C=O) groups excluding carboxylic acids is 2. The van der Waals surface area contributed by atoms with Crippen molar-refractivity contribution in [3.8, 4) is 0 Å². The van der Waals surface area contributed by atoms with Crippen LogP contribution in [0.2, 0.25) is 0 Å². The van der Waals surface area contributed by atoms with Crippen LogP contribution in [-0.4, -0.2) is 52.7 Å². The number of hydrogen-bond donors (Lipinski definition) is 1. The molecule has 0 bridgehead atoms. The van der Waals surface area contributed by atoms with E-state index in [9.17, 15) is 9.59 Å². The SMILES string of the molecule is CCCc1nc(C(=O)N(C)CC(C)C(=O)OC)n[nH]1. The number of H-pyrrole nitrogens is 1. The molecule has 0 radical (unpaired) electrons. The fourth-order valence-corrected chi connectivity index (χ4v) is 1.68. The van der Waals surface area contributed by atoms with Gasteiger partial charge in [-0.15, -0.1) is 5.10 Å². The maximum absolute atomic E-state index is 12.0. The van der Waals surface area contributed by atoms with Gasteiger partial charge >= 0.3 is 5.97 Å². The minimum atomic E-state index is -0.381. The normalized spacial score (nSPS) is 12.0. The molecule has 0 aliphatic rings.